The molecule has 0 aliphatic heterocycles. The van der Waals surface area contributed by atoms with Gasteiger partial charge in [-0.3, -0.25) is 4.68 Å². The number of aromatic nitrogens is 2. The molecular weight excluding hydrogens is 304 g/mol. The summed E-state index contributed by atoms with van der Waals surface area (Å²) >= 11 is 3.47. The molecule has 3 nitrogen and oxygen atoms in total. The first kappa shape index (κ1) is 14.3. The van der Waals surface area contributed by atoms with Crippen LogP contribution in [0.1, 0.15) is 42.8 Å². The molecule has 1 aromatic carbocycles. The molecule has 1 N–H and O–H groups in total. The third-order valence-corrected chi connectivity index (χ3v) is 3.88. The molecule has 0 amide bonds. The summed E-state index contributed by atoms with van der Waals surface area (Å²) in [7, 11) is 0. The summed E-state index contributed by atoms with van der Waals surface area (Å²) in [6, 6.07) is 8.37. The first-order chi connectivity index (χ1) is 9.00. The molecule has 0 saturated heterocycles. The van der Waals surface area contributed by atoms with Crippen LogP contribution in [0.2, 0.25) is 0 Å². The van der Waals surface area contributed by atoms with Gasteiger partial charge in [-0.25, -0.2) is 0 Å². The normalized spacial score (nSPS) is 12.9. The number of rotatable bonds is 4. The number of aryl methyl sites for hydroxylation is 1. The summed E-state index contributed by atoms with van der Waals surface area (Å²) in [6.45, 7) is 6.18. The van der Waals surface area contributed by atoms with Crippen molar-refractivity contribution in [1.82, 2.24) is 9.78 Å². The monoisotopic (exact) mass is 322 g/mol. The first-order valence-corrected chi connectivity index (χ1v) is 7.25. The molecule has 1 heterocycles. The number of nitrogens with zero attached hydrogens (tertiary/aromatic N) is 2. The van der Waals surface area contributed by atoms with Crippen LogP contribution in [0, 0.1) is 6.92 Å². The van der Waals surface area contributed by atoms with E-state index in [2.05, 4.69) is 53.9 Å². The Kier molecular flexibility index (Phi) is 4.42. The average molecular weight is 323 g/mol. The van der Waals surface area contributed by atoms with E-state index >= 15 is 0 Å². The van der Waals surface area contributed by atoms with Crippen molar-refractivity contribution in [2.24, 2.45) is 0 Å². The minimum Gasteiger partial charge on any atom is -0.386 e. The van der Waals surface area contributed by atoms with Gasteiger partial charge < -0.3 is 5.11 Å². The molecule has 0 aliphatic rings. The molecule has 0 bridgehead atoms. The van der Waals surface area contributed by atoms with Crippen molar-refractivity contribution >= 4 is 15.9 Å². The van der Waals surface area contributed by atoms with Gasteiger partial charge in [0.05, 0.1) is 16.4 Å². The number of hydrogen-bond donors (Lipinski definition) is 1. The van der Waals surface area contributed by atoms with Crippen molar-refractivity contribution in [3.63, 3.8) is 0 Å². The first-order valence-electron chi connectivity index (χ1n) is 6.46. The van der Waals surface area contributed by atoms with Gasteiger partial charge in [-0.2, -0.15) is 5.10 Å². The van der Waals surface area contributed by atoms with Gasteiger partial charge in [0.2, 0.25) is 0 Å². The van der Waals surface area contributed by atoms with Gasteiger partial charge in [0.1, 0.15) is 6.10 Å². The lowest BCUT2D eigenvalue weighted by Crippen LogP contribution is -2.13. The van der Waals surface area contributed by atoms with Gasteiger partial charge in [0.15, 0.2) is 0 Å². The maximum Gasteiger partial charge on any atom is 0.101 e. The van der Waals surface area contributed by atoms with Crippen LogP contribution in [-0.4, -0.2) is 14.9 Å². The smallest absolute Gasteiger partial charge is 0.101 e. The van der Waals surface area contributed by atoms with Crippen molar-refractivity contribution in [2.75, 3.05) is 0 Å². The maximum atomic E-state index is 10.5. The quantitative estimate of drug-likeness (QED) is 0.929. The molecule has 102 valence electrons. The SMILES string of the molecule is Cc1ccccc1CC(O)c1c(Br)cnn1C(C)C. The molecule has 0 aliphatic carbocycles. The average Bonchev–Trinajstić information content (AvgIpc) is 2.74. The molecule has 0 saturated carbocycles. The Morgan fingerprint density at radius 3 is 2.63 bits per heavy atom. The van der Waals surface area contributed by atoms with E-state index in [1.165, 1.54) is 11.1 Å². The Hall–Kier alpha value is -1.13. The summed E-state index contributed by atoms with van der Waals surface area (Å²) in [4.78, 5) is 0. The molecule has 2 aromatic rings. The van der Waals surface area contributed by atoms with Crippen LogP contribution in [0.4, 0.5) is 0 Å². The number of halogens is 1. The molecule has 1 atom stereocenters. The van der Waals surface area contributed by atoms with Crippen LogP contribution in [-0.2, 0) is 6.42 Å². The van der Waals surface area contributed by atoms with E-state index < -0.39 is 6.10 Å². The fourth-order valence-electron chi connectivity index (χ4n) is 2.22. The van der Waals surface area contributed by atoms with Crippen LogP contribution in [0.5, 0.6) is 0 Å². The molecule has 0 radical (unpaired) electrons. The summed E-state index contributed by atoms with van der Waals surface area (Å²) in [5, 5.41) is 14.8. The zero-order valence-electron chi connectivity index (χ0n) is 11.5. The van der Waals surface area contributed by atoms with Crippen molar-refractivity contribution < 1.29 is 5.11 Å². The third kappa shape index (κ3) is 3.07. The lowest BCUT2D eigenvalue weighted by atomic mass is 10.0. The highest BCUT2D eigenvalue weighted by molar-refractivity contribution is 9.10. The number of hydrogen-bond acceptors (Lipinski definition) is 2. The highest BCUT2D eigenvalue weighted by Gasteiger charge is 2.20. The minimum atomic E-state index is -0.555. The van der Waals surface area contributed by atoms with E-state index in [1.54, 1.807) is 6.20 Å². The van der Waals surface area contributed by atoms with Crippen LogP contribution < -0.4 is 0 Å². The Labute approximate surface area is 122 Å². The van der Waals surface area contributed by atoms with Crippen LogP contribution >= 0.6 is 15.9 Å². The summed E-state index contributed by atoms with van der Waals surface area (Å²) in [5.74, 6) is 0. The maximum absolute atomic E-state index is 10.5. The third-order valence-electron chi connectivity index (χ3n) is 3.27. The Morgan fingerprint density at radius 2 is 2.00 bits per heavy atom. The highest BCUT2D eigenvalue weighted by atomic mass is 79.9. The van der Waals surface area contributed by atoms with E-state index in [4.69, 9.17) is 0 Å². The van der Waals surface area contributed by atoms with Crippen LogP contribution in [0.3, 0.4) is 0 Å². The molecule has 1 aromatic heterocycles. The number of aliphatic hydroxyl groups excluding tert-OH is 1. The molecule has 2 rings (SSSR count). The van der Waals surface area contributed by atoms with Crippen molar-refractivity contribution in [3.8, 4) is 0 Å². The molecule has 19 heavy (non-hydrogen) atoms. The van der Waals surface area contributed by atoms with Crippen LogP contribution in [0.15, 0.2) is 34.9 Å². The van der Waals surface area contributed by atoms with E-state index in [0.717, 1.165) is 10.2 Å². The second kappa shape index (κ2) is 5.88. The number of benzene rings is 1. The lowest BCUT2D eigenvalue weighted by molar-refractivity contribution is 0.163. The van der Waals surface area contributed by atoms with Gasteiger partial charge in [-0.05, 0) is 47.8 Å². The van der Waals surface area contributed by atoms with Gasteiger partial charge in [0.25, 0.3) is 0 Å². The molecule has 0 fully saturated rings. The molecule has 0 spiro atoms. The topological polar surface area (TPSA) is 38.1 Å². The Morgan fingerprint density at radius 1 is 1.32 bits per heavy atom. The van der Waals surface area contributed by atoms with Gasteiger partial charge in [0, 0.05) is 12.5 Å². The lowest BCUT2D eigenvalue weighted by Gasteiger charge is -2.17. The Bertz CT molecular complexity index is 563. The predicted molar refractivity (Wildman–Crippen MR) is 80.2 cm³/mol. The summed E-state index contributed by atoms with van der Waals surface area (Å²) in [5.41, 5.74) is 3.21. The van der Waals surface area contributed by atoms with Gasteiger partial charge in [-0.1, -0.05) is 24.3 Å². The van der Waals surface area contributed by atoms with Gasteiger partial charge in [-0.15, -0.1) is 0 Å². The van der Waals surface area contributed by atoms with Crippen molar-refractivity contribution in [3.05, 3.63) is 51.8 Å². The molecular formula is C15H19BrN2O. The van der Waals surface area contributed by atoms with E-state index in [-0.39, 0.29) is 6.04 Å². The minimum absolute atomic E-state index is 0.229. The summed E-state index contributed by atoms with van der Waals surface area (Å²) in [6.07, 6.45) is 1.79. The largest absolute Gasteiger partial charge is 0.386 e. The van der Waals surface area contributed by atoms with Crippen molar-refractivity contribution in [2.45, 2.75) is 39.3 Å². The van der Waals surface area contributed by atoms with Gasteiger partial charge >= 0.3 is 0 Å². The second-order valence-corrected chi connectivity index (χ2v) is 5.92. The zero-order valence-corrected chi connectivity index (χ0v) is 13.1. The van der Waals surface area contributed by atoms with E-state index in [0.29, 0.717) is 6.42 Å². The van der Waals surface area contributed by atoms with E-state index in [9.17, 15) is 5.11 Å². The standard InChI is InChI=1S/C15H19BrN2O/c1-10(2)18-15(13(16)9-17-18)14(19)8-12-7-5-4-6-11(12)3/h4-7,9-10,14,19H,8H2,1-3H3. The second-order valence-electron chi connectivity index (χ2n) is 5.06. The Balaban J connectivity index is 2.28. The fourth-order valence-corrected chi connectivity index (χ4v) is 2.76. The van der Waals surface area contributed by atoms with E-state index in [1.807, 2.05) is 16.8 Å². The fraction of sp³-hybridized carbons (Fsp3) is 0.400. The number of aliphatic hydroxyl groups is 1. The zero-order chi connectivity index (χ0) is 14.0. The predicted octanol–water partition coefficient (Wildman–Crippen LogP) is 3.81. The summed E-state index contributed by atoms with van der Waals surface area (Å²) < 4.78 is 2.73. The van der Waals surface area contributed by atoms with Crippen LogP contribution in [0.25, 0.3) is 0 Å². The van der Waals surface area contributed by atoms with Crippen molar-refractivity contribution in [1.29, 1.82) is 0 Å². The molecule has 1 unspecified atom stereocenters. The highest BCUT2D eigenvalue weighted by Crippen LogP contribution is 2.28. The molecule has 4 heteroatoms.